The second-order valence-corrected chi connectivity index (χ2v) is 6.71. The van der Waals surface area contributed by atoms with Crippen molar-refractivity contribution in [2.75, 3.05) is 20.1 Å². The lowest BCUT2D eigenvalue weighted by molar-refractivity contribution is -0.137. The highest BCUT2D eigenvalue weighted by Gasteiger charge is 2.25. The summed E-state index contributed by atoms with van der Waals surface area (Å²) in [4.78, 5) is 13.9. The SMILES string of the molecule is CC(Oc1ccc(Cl)c(Cl)c1)C(=O)N(C)CC(C)(C)CN. The van der Waals surface area contributed by atoms with E-state index in [0.29, 0.717) is 28.9 Å². The fraction of sp³-hybridized carbons (Fsp3) is 0.533. The van der Waals surface area contributed by atoms with Crippen LogP contribution in [0.5, 0.6) is 5.75 Å². The lowest BCUT2D eigenvalue weighted by atomic mass is 9.93. The van der Waals surface area contributed by atoms with E-state index in [0.717, 1.165) is 0 Å². The molecule has 0 aliphatic heterocycles. The van der Waals surface area contributed by atoms with Gasteiger partial charge in [0.15, 0.2) is 6.10 Å². The van der Waals surface area contributed by atoms with E-state index in [9.17, 15) is 4.79 Å². The predicted octanol–water partition coefficient (Wildman–Crippen LogP) is 3.20. The summed E-state index contributed by atoms with van der Waals surface area (Å²) in [7, 11) is 1.74. The zero-order chi connectivity index (χ0) is 16.2. The maximum atomic E-state index is 12.3. The van der Waals surface area contributed by atoms with Gasteiger partial charge in [0.1, 0.15) is 5.75 Å². The fourth-order valence-corrected chi connectivity index (χ4v) is 2.19. The Hall–Kier alpha value is -0.970. The molecule has 1 rings (SSSR count). The smallest absolute Gasteiger partial charge is 0.263 e. The molecule has 1 aromatic carbocycles. The number of carbonyl (C=O) groups excluding carboxylic acids is 1. The lowest BCUT2D eigenvalue weighted by Crippen LogP contribution is -2.44. The van der Waals surface area contributed by atoms with Crippen LogP contribution in [-0.4, -0.2) is 37.0 Å². The number of hydrogen-bond donors (Lipinski definition) is 1. The second-order valence-electron chi connectivity index (χ2n) is 5.90. The summed E-state index contributed by atoms with van der Waals surface area (Å²) in [5, 5.41) is 0.844. The first kappa shape index (κ1) is 18.1. The molecule has 0 fully saturated rings. The maximum Gasteiger partial charge on any atom is 0.263 e. The first-order valence-corrected chi connectivity index (χ1v) is 7.48. The summed E-state index contributed by atoms with van der Waals surface area (Å²) in [6.45, 7) is 6.81. The Balaban J connectivity index is 2.67. The van der Waals surface area contributed by atoms with Gasteiger partial charge in [-0.3, -0.25) is 4.79 Å². The first-order valence-electron chi connectivity index (χ1n) is 6.73. The number of nitrogens with zero attached hydrogens (tertiary/aromatic N) is 1. The van der Waals surface area contributed by atoms with Gasteiger partial charge in [-0.25, -0.2) is 0 Å². The third kappa shape index (κ3) is 5.38. The van der Waals surface area contributed by atoms with Crippen LogP contribution in [0.3, 0.4) is 0 Å². The van der Waals surface area contributed by atoms with Gasteiger partial charge in [-0.2, -0.15) is 0 Å². The van der Waals surface area contributed by atoms with Crippen molar-refractivity contribution in [2.24, 2.45) is 11.1 Å². The number of nitrogens with two attached hydrogens (primary N) is 1. The van der Waals surface area contributed by atoms with Crippen molar-refractivity contribution in [2.45, 2.75) is 26.9 Å². The van der Waals surface area contributed by atoms with Crippen LogP contribution in [0.15, 0.2) is 18.2 Å². The molecule has 6 heteroatoms. The minimum absolute atomic E-state index is 0.109. The van der Waals surface area contributed by atoms with E-state index in [4.69, 9.17) is 33.7 Å². The third-order valence-corrected chi connectivity index (χ3v) is 3.88. The molecule has 118 valence electrons. The highest BCUT2D eigenvalue weighted by molar-refractivity contribution is 6.42. The largest absolute Gasteiger partial charge is 0.481 e. The summed E-state index contributed by atoms with van der Waals surface area (Å²) < 4.78 is 5.62. The molecule has 0 aliphatic carbocycles. The predicted molar refractivity (Wildman–Crippen MR) is 87.0 cm³/mol. The Morgan fingerprint density at radius 1 is 1.38 bits per heavy atom. The number of rotatable bonds is 6. The zero-order valence-electron chi connectivity index (χ0n) is 12.8. The van der Waals surface area contributed by atoms with Crippen molar-refractivity contribution in [1.82, 2.24) is 4.90 Å². The summed E-state index contributed by atoms with van der Waals surface area (Å²) in [5.41, 5.74) is 5.56. The average molecular weight is 333 g/mol. The number of benzene rings is 1. The molecule has 0 spiro atoms. The minimum Gasteiger partial charge on any atom is -0.481 e. The van der Waals surface area contributed by atoms with Crippen molar-refractivity contribution in [3.63, 3.8) is 0 Å². The third-order valence-electron chi connectivity index (χ3n) is 3.15. The second kappa shape index (κ2) is 7.34. The van der Waals surface area contributed by atoms with Gasteiger partial charge in [0.2, 0.25) is 0 Å². The van der Waals surface area contributed by atoms with E-state index in [1.165, 1.54) is 0 Å². The van der Waals surface area contributed by atoms with Crippen LogP contribution < -0.4 is 10.5 Å². The number of likely N-dealkylation sites (N-methyl/N-ethyl adjacent to an activating group) is 1. The summed E-state index contributed by atoms with van der Waals surface area (Å²) in [6, 6.07) is 4.91. The number of halogens is 2. The highest BCUT2D eigenvalue weighted by atomic mass is 35.5. The van der Waals surface area contributed by atoms with Gasteiger partial charge in [0, 0.05) is 19.7 Å². The van der Waals surface area contributed by atoms with Crippen molar-refractivity contribution >= 4 is 29.1 Å². The van der Waals surface area contributed by atoms with Gasteiger partial charge in [-0.05, 0) is 31.0 Å². The number of amides is 1. The molecular weight excluding hydrogens is 311 g/mol. The van der Waals surface area contributed by atoms with E-state index in [1.807, 2.05) is 13.8 Å². The number of ether oxygens (including phenoxy) is 1. The van der Waals surface area contributed by atoms with E-state index in [-0.39, 0.29) is 11.3 Å². The molecule has 4 nitrogen and oxygen atoms in total. The summed E-state index contributed by atoms with van der Waals surface area (Å²) >= 11 is 11.8. The molecule has 0 saturated heterocycles. The van der Waals surface area contributed by atoms with Gasteiger partial charge in [-0.1, -0.05) is 37.0 Å². The van der Waals surface area contributed by atoms with Gasteiger partial charge < -0.3 is 15.4 Å². The lowest BCUT2D eigenvalue weighted by Gasteiger charge is -2.30. The van der Waals surface area contributed by atoms with Crippen molar-refractivity contribution in [1.29, 1.82) is 0 Å². The average Bonchev–Trinajstić information content (AvgIpc) is 2.41. The van der Waals surface area contributed by atoms with Gasteiger partial charge >= 0.3 is 0 Å². The van der Waals surface area contributed by atoms with Crippen LogP contribution in [0.1, 0.15) is 20.8 Å². The first-order chi connectivity index (χ1) is 9.66. The van der Waals surface area contributed by atoms with Crippen LogP contribution >= 0.6 is 23.2 Å². The van der Waals surface area contributed by atoms with Crippen molar-refractivity contribution in [3.8, 4) is 5.75 Å². The standard InChI is InChI=1S/C15H22Cl2N2O2/c1-10(14(20)19(4)9-15(2,3)8-18)21-11-5-6-12(16)13(17)7-11/h5-7,10H,8-9,18H2,1-4H3. The van der Waals surface area contributed by atoms with Crippen LogP contribution in [0.25, 0.3) is 0 Å². The van der Waals surface area contributed by atoms with Crippen molar-refractivity contribution in [3.05, 3.63) is 28.2 Å². The van der Waals surface area contributed by atoms with E-state index in [1.54, 1.807) is 37.1 Å². The Morgan fingerprint density at radius 2 is 2.00 bits per heavy atom. The van der Waals surface area contributed by atoms with Crippen molar-refractivity contribution < 1.29 is 9.53 Å². The molecule has 0 aromatic heterocycles. The normalized spacial score (nSPS) is 12.9. The molecule has 21 heavy (non-hydrogen) atoms. The summed E-state index contributed by atoms with van der Waals surface area (Å²) in [6.07, 6.45) is -0.610. The molecule has 0 heterocycles. The number of carbonyl (C=O) groups is 1. The molecule has 1 atom stereocenters. The fourth-order valence-electron chi connectivity index (χ4n) is 1.90. The summed E-state index contributed by atoms with van der Waals surface area (Å²) in [5.74, 6) is 0.402. The Morgan fingerprint density at radius 3 is 2.52 bits per heavy atom. The molecule has 0 radical (unpaired) electrons. The molecule has 0 saturated carbocycles. The van der Waals surface area contributed by atoms with Crippen LogP contribution in [-0.2, 0) is 4.79 Å². The molecule has 1 amide bonds. The van der Waals surface area contributed by atoms with Crippen LogP contribution in [0.4, 0.5) is 0 Å². The van der Waals surface area contributed by atoms with Crippen LogP contribution in [0, 0.1) is 5.41 Å². The van der Waals surface area contributed by atoms with Gasteiger partial charge in [0.05, 0.1) is 10.0 Å². The van der Waals surface area contributed by atoms with Crippen LogP contribution in [0.2, 0.25) is 10.0 Å². The molecule has 1 aromatic rings. The zero-order valence-corrected chi connectivity index (χ0v) is 14.3. The molecule has 0 aliphatic rings. The number of hydrogen-bond acceptors (Lipinski definition) is 3. The molecule has 2 N–H and O–H groups in total. The highest BCUT2D eigenvalue weighted by Crippen LogP contribution is 2.27. The molecule has 1 unspecified atom stereocenters. The molecular formula is C15H22Cl2N2O2. The molecule has 0 bridgehead atoms. The Kier molecular flexibility index (Phi) is 6.32. The van der Waals surface area contributed by atoms with Gasteiger partial charge in [-0.15, -0.1) is 0 Å². The van der Waals surface area contributed by atoms with Gasteiger partial charge in [0.25, 0.3) is 5.91 Å². The van der Waals surface area contributed by atoms with E-state index in [2.05, 4.69) is 0 Å². The van der Waals surface area contributed by atoms with E-state index >= 15 is 0 Å². The quantitative estimate of drug-likeness (QED) is 0.870. The monoisotopic (exact) mass is 332 g/mol. The van der Waals surface area contributed by atoms with E-state index < -0.39 is 6.10 Å². The Bertz CT molecular complexity index is 506. The topological polar surface area (TPSA) is 55.6 Å². The maximum absolute atomic E-state index is 12.3. The Labute approximate surface area is 136 Å². The minimum atomic E-state index is -0.610.